The summed E-state index contributed by atoms with van der Waals surface area (Å²) in [5.74, 6) is -0.886. The number of unbranched alkanes of at least 4 members (excludes halogenated alkanes) is 20. The van der Waals surface area contributed by atoms with Crippen molar-refractivity contribution in [2.45, 2.75) is 174 Å². The maximum atomic E-state index is 11.6. The van der Waals surface area contributed by atoms with Crippen LogP contribution in [0.1, 0.15) is 168 Å². The third kappa shape index (κ3) is 24.7. The normalized spacial score (nSPS) is 12.1. The second-order valence-electron chi connectivity index (χ2n) is 10.4. The summed E-state index contributed by atoms with van der Waals surface area (Å²) in [7, 11) is 0. The first kappa shape index (κ1) is 37.2. The van der Waals surface area contributed by atoms with Gasteiger partial charge in [-0.25, -0.2) is 0 Å². The molecule has 0 aromatic carbocycles. The van der Waals surface area contributed by atoms with Crippen molar-refractivity contribution in [3.05, 3.63) is 0 Å². The van der Waals surface area contributed by atoms with E-state index >= 15 is 0 Å². The van der Waals surface area contributed by atoms with E-state index in [1.807, 2.05) is 6.92 Å². The third-order valence-corrected chi connectivity index (χ3v) is 7.20. The fraction of sp³-hybridized carbons (Fsp3) is 0.967. The zero-order valence-electron chi connectivity index (χ0n) is 24.0. The second kappa shape index (κ2) is 30.3. The molecule has 0 amide bonds. The molecule has 198 valence electrons. The van der Waals surface area contributed by atoms with E-state index in [2.05, 4.69) is 18.7 Å². The number of nitrogens with zero attached hydrogens (tertiary/aromatic N) is 1. The van der Waals surface area contributed by atoms with Gasteiger partial charge in [0.15, 0.2) is 0 Å². The molecule has 0 N–H and O–H groups in total. The third-order valence-electron chi connectivity index (χ3n) is 7.20. The van der Waals surface area contributed by atoms with Crippen LogP contribution in [0.3, 0.4) is 0 Å². The Kier molecular flexibility index (Phi) is 33.2. The molecule has 0 bridgehead atoms. The molecule has 4 heteroatoms. The Hall–Kier alpha value is 1.07. The van der Waals surface area contributed by atoms with Crippen LogP contribution >= 0.6 is 0 Å². The van der Waals surface area contributed by atoms with Gasteiger partial charge in [0.25, 0.3) is 0 Å². The minimum atomic E-state index is -0.886. The van der Waals surface area contributed by atoms with Gasteiger partial charge in [-0.3, -0.25) is 4.90 Å². The second-order valence-corrected chi connectivity index (χ2v) is 10.4. The molecule has 0 aliphatic heterocycles. The van der Waals surface area contributed by atoms with E-state index in [9.17, 15) is 9.90 Å². The monoisotopic (exact) mass is 505 g/mol. The summed E-state index contributed by atoms with van der Waals surface area (Å²) in [5.41, 5.74) is 0. The van der Waals surface area contributed by atoms with E-state index in [0.29, 0.717) is 6.42 Å². The minimum absolute atomic E-state index is 0. The summed E-state index contributed by atoms with van der Waals surface area (Å²) in [4.78, 5) is 13.8. The van der Waals surface area contributed by atoms with Gasteiger partial charge in [-0.15, -0.1) is 0 Å². The van der Waals surface area contributed by atoms with Crippen molar-refractivity contribution in [1.82, 2.24) is 4.90 Å². The van der Waals surface area contributed by atoms with Crippen molar-refractivity contribution in [2.24, 2.45) is 0 Å². The summed E-state index contributed by atoms with van der Waals surface area (Å²) in [6, 6.07) is -0.406. The number of carbonyl (C=O) groups excluding carboxylic acids is 1. The number of carboxylic acid groups (broad SMARTS) is 1. The summed E-state index contributed by atoms with van der Waals surface area (Å²) in [6.45, 7) is 8.36. The quantitative estimate of drug-likeness (QED) is 0.110. The molecule has 0 radical (unpaired) electrons. The molecular weight excluding hydrogens is 445 g/mol. The average Bonchev–Trinajstić information content (AvgIpc) is 2.80. The summed E-state index contributed by atoms with van der Waals surface area (Å²) < 4.78 is 0. The summed E-state index contributed by atoms with van der Waals surface area (Å²) >= 11 is 0. The molecule has 0 spiro atoms. The van der Waals surface area contributed by atoms with E-state index in [-0.39, 0.29) is 51.4 Å². The topological polar surface area (TPSA) is 43.4 Å². The molecule has 0 aliphatic rings. The molecule has 0 rings (SSSR count). The first-order chi connectivity index (χ1) is 16.2. The SMILES string of the molecule is CCCCCCCCCCCCCN(CCCCCCCCCCCCC)C(CC)C(=O)[O-].[K+]. The van der Waals surface area contributed by atoms with Crippen LogP contribution in [-0.4, -0.2) is 30.0 Å². The zero-order chi connectivity index (χ0) is 24.4. The number of aliphatic carboxylic acids is 1. The van der Waals surface area contributed by atoms with Crippen molar-refractivity contribution >= 4 is 5.97 Å². The van der Waals surface area contributed by atoms with Crippen LogP contribution < -0.4 is 56.5 Å². The van der Waals surface area contributed by atoms with Crippen LogP contribution in [0.4, 0.5) is 0 Å². The van der Waals surface area contributed by atoms with Crippen LogP contribution in [0.25, 0.3) is 0 Å². The molecule has 0 saturated carbocycles. The molecule has 0 aromatic rings. The van der Waals surface area contributed by atoms with E-state index < -0.39 is 12.0 Å². The molecule has 0 saturated heterocycles. The van der Waals surface area contributed by atoms with Gasteiger partial charge < -0.3 is 9.90 Å². The Labute approximate surface area is 257 Å². The molecule has 0 heterocycles. The van der Waals surface area contributed by atoms with Gasteiger partial charge in [0, 0.05) is 6.04 Å². The van der Waals surface area contributed by atoms with Crippen molar-refractivity contribution < 1.29 is 61.3 Å². The molecule has 0 fully saturated rings. The van der Waals surface area contributed by atoms with Crippen LogP contribution in [0, 0.1) is 0 Å². The van der Waals surface area contributed by atoms with Gasteiger partial charge in [0.05, 0.1) is 5.97 Å². The molecule has 1 unspecified atom stereocenters. The molecule has 0 aliphatic carbocycles. The van der Waals surface area contributed by atoms with Crippen LogP contribution in [0.2, 0.25) is 0 Å². The molecule has 3 nitrogen and oxygen atoms in total. The molecule has 1 atom stereocenters. The van der Waals surface area contributed by atoms with Gasteiger partial charge in [-0.05, 0) is 32.4 Å². The predicted octanol–water partition coefficient (Wildman–Crippen LogP) is 5.44. The Morgan fingerprint density at radius 2 is 0.794 bits per heavy atom. The summed E-state index contributed by atoms with van der Waals surface area (Å²) in [5, 5.41) is 11.6. The van der Waals surface area contributed by atoms with Crippen molar-refractivity contribution in [3.8, 4) is 0 Å². The minimum Gasteiger partial charge on any atom is -0.548 e. The maximum Gasteiger partial charge on any atom is 1.00 e. The van der Waals surface area contributed by atoms with Crippen molar-refractivity contribution in [3.63, 3.8) is 0 Å². The Morgan fingerprint density at radius 3 is 1.03 bits per heavy atom. The van der Waals surface area contributed by atoms with Gasteiger partial charge >= 0.3 is 51.4 Å². The first-order valence-corrected chi connectivity index (χ1v) is 15.1. The van der Waals surface area contributed by atoms with Crippen LogP contribution in [-0.2, 0) is 4.79 Å². The zero-order valence-corrected chi connectivity index (χ0v) is 27.1. The standard InChI is InChI=1S/C30H61NO2.K/c1-4-7-9-11-13-15-17-19-21-23-25-27-31(29(6-3)30(32)33)28-26-24-22-20-18-16-14-12-10-8-5-2;/h29H,4-28H2,1-3H3,(H,32,33);/q;+1/p-1. The van der Waals surface area contributed by atoms with E-state index in [1.165, 1.54) is 128 Å². The maximum absolute atomic E-state index is 11.6. The number of hydrogen-bond acceptors (Lipinski definition) is 3. The van der Waals surface area contributed by atoms with Crippen molar-refractivity contribution in [1.29, 1.82) is 0 Å². The Bertz CT molecular complexity index is 379. The number of hydrogen-bond donors (Lipinski definition) is 0. The van der Waals surface area contributed by atoms with Gasteiger partial charge in [0.1, 0.15) is 0 Å². The average molecular weight is 506 g/mol. The van der Waals surface area contributed by atoms with E-state index in [4.69, 9.17) is 0 Å². The molecular formula is C30H60KNO2. The predicted molar refractivity (Wildman–Crippen MR) is 144 cm³/mol. The number of carbonyl (C=O) groups is 1. The Morgan fingerprint density at radius 1 is 0.529 bits per heavy atom. The van der Waals surface area contributed by atoms with Gasteiger partial charge in [-0.2, -0.15) is 0 Å². The first-order valence-electron chi connectivity index (χ1n) is 15.1. The molecule has 34 heavy (non-hydrogen) atoms. The fourth-order valence-electron chi connectivity index (χ4n) is 4.96. The summed E-state index contributed by atoms with van der Waals surface area (Å²) in [6.07, 6.45) is 30.0. The van der Waals surface area contributed by atoms with Crippen LogP contribution in [0.5, 0.6) is 0 Å². The fourth-order valence-corrected chi connectivity index (χ4v) is 4.96. The largest absolute Gasteiger partial charge is 1.00 e. The number of rotatable bonds is 27. The van der Waals surface area contributed by atoms with E-state index in [1.54, 1.807) is 0 Å². The van der Waals surface area contributed by atoms with Crippen molar-refractivity contribution in [2.75, 3.05) is 13.1 Å². The van der Waals surface area contributed by atoms with Crippen LogP contribution in [0.15, 0.2) is 0 Å². The Balaban J connectivity index is 0. The van der Waals surface area contributed by atoms with Gasteiger partial charge in [-0.1, -0.05) is 149 Å². The van der Waals surface area contributed by atoms with E-state index in [0.717, 1.165) is 25.9 Å². The molecule has 0 aromatic heterocycles. The smallest absolute Gasteiger partial charge is 0.548 e. The number of carboxylic acids is 1. The van der Waals surface area contributed by atoms with Gasteiger partial charge in [0.2, 0.25) is 0 Å².